The fourth-order valence-electron chi connectivity index (χ4n) is 3.51. The summed E-state index contributed by atoms with van der Waals surface area (Å²) in [6.07, 6.45) is 1.39. The average molecular weight is 424 g/mol. The van der Waals surface area contributed by atoms with E-state index in [0.717, 1.165) is 29.1 Å². The minimum absolute atomic E-state index is 0.175. The second-order valence-corrected chi connectivity index (χ2v) is 7.57. The Labute approximate surface area is 179 Å². The van der Waals surface area contributed by atoms with Crippen molar-refractivity contribution in [1.82, 2.24) is 34.3 Å². The fraction of sp³-hybridized carbons (Fsp3) is 0.286. The number of amides is 1. The standard InChI is InChI=1S/C21H22ClN7O/c1-5-28-14(3)17(13(2)26-28)11-27(4)20(30)19-10-18(15-6-8-16(22)9-7-15)25-21-23-12-24-29(19)21/h6-10,12H,5,11H2,1-4H3. The molecule has 0 fully saturated rings. The first-order valence-electron chi connectivity index (χ1n) is 9.64. The Balaban J connectivity index is 1.71. The highest BCUT2D eigenvalue weighted by Gasteiger charge is 2.21. The van der Waals surface area contributed by atoms with Gasteiger partial charge in [0, 0.05) is 42.0 Å². The van der Waals surface area contributed by atoms with Crippen LogP contribution in [-0.4, -0.2) is 47.2 Å². The molecule has 0 saturated carbocycles. The van der Waals surface area contributed by atoms with E-state index in [-0.39, 0.29) is 5.91 Å². The van der Waals surface area contributed by atoms with Gasteiger partial charge in [-0.2, -0.15) is 19.7 Å². The Hall–Kier alpha value is -3.26. The van der Waals surface area contributed by atoms with Crippen LogP contribution in [-0.2, 0) is 13.1 Å². The van der Waals surface area contributed by atoms with Gasteiger partial charge in [0.15, 0.2) is 0 Å². The highest BCUT2D eigenvalue weighted by molar-refractivity contribution is 6.30. The Bertz CT molecular complexity index is 1230. The summed E-state index contributed by atoms with van der Waals surface area (Å²) in [5, 5.41) is 9.37. The van der Waals surface area contributed by atoms with Gasteiger partial charge in [-0.3, -0.25) is 9.48 Å². The number of aryl methyl sites for hydroxylation is 2. The van der Waals surface area contributed by atoms with E-state index in [2.05, 4.69) is 27.1 Å². The first-order valence-corrected chi connectivity index (χ1v) is 10.0. The first-order chi connectivity index (χ1) is 14.4. The van der Waals surface area contributed by atoms with Gasteiger partial charge in [-0.05, 0) is 39.0 Å². The summed E-state index contributed by atoms with van der Waals surface area (Å²) < 4.78 is 3.41. The summed E-state index contributed by atoms with van der Waals surface area (Å²) in [5.41, 5.74) is 4.92. The van der Waals surface area contributed by atoms with E-state index in [4.69, 9.17) is 11.6 Å². The van der Waals surface area contributed by atoms with Crippen LogP contribution in [0.25, 0.3) is 17.0 Å². The molecule has 0 unspecified atom stereocenters. The lowest BCUT2D eigenvalue weighted by Gasteiger charge is -2.18. The van der Waals surface area contributed by atoms with Crippen LogP contribution >= 0.6 is 11.6 Å². The lowest BCUT2D eigenvalue weighted by atomic mass is 10.1. The number of hydrogen-bond acceptors (Lipinski definition) is 5. The molecule has 4 aromatic rings. The molecule has 3 heterocycles. The molecule has 0 aliphatic rings. The number of fused-ring (bicyclic) bond motifs is 1. The number of carbonyl (C=O) groups excluding carboxylic acids is 1. The zero-order valence-corrected chi connectivity index (χ0v) is 18.1. The van der Waals surface area contributed by atoms with Crippen LogP contribution in [0.5, 0.6) is 0 Å². The second kappa shape index (κ2) is 7.87. The van der Waals surface area contributed by atoms with E-state index in [1.54, 1.807) is 30.1 Å². The molecule has 3 aromatic heterocycles. The van der Waals surface area contributed by atoms with Crippen molar-refractivity contribution in [3.8, 4) is 11.3 Å². The Morgan fingerprint density at radius 2 is 1.93 bits per heavy atom. The van der Waals surface area contributed by atoms with Crippen LogP contribution in [0.1, 0.15) is 34.4 Å². The van der Waals surface area contributed by atoms with E-state index in [0.29, 0.717) is 28.7 Å². The number of aromatic nitrogens is 6. The highest BCUT2D eigenvalue weighted by atomic mass is 35.5. The van der Waals surface area contributed by atoms with E-state index in [1.165, 1.54) is 10.8 Å². The molecular weight excluding hydrogens is 402 g/mol. The molecular formula is C21H22ClN7O. The molecule has 30 heavy (non-hydrogen) atoms. The summed E-state index contributed by atoms with van der Waals surface area (Å²) in [4.78, 5) is 23.7. The normalized spacial score (nSPS) is 11.2. The molecule has 9 heteroatoms. The monoisotopic (exact) mass is 423 g/mol. The second-order valence-electron chi connectivity index (χ2n) is 7.13. The maximum atomic E-state index is 13.4. The lowest BCUT2D eigenvalue weighted by Crippen LogP contribution is -2.29. The zero-order chi connectivity index (χ0) is 21.4. The summed E-state index contributed by atoms with van der Waals surface area (Å²) in [5.74, 6) is 0.191. The Morgan fingerprint density at radius 3 is 2.60 bits per heavy atom. The van der Waals surface area contributed by atoms with E-state index >= 15 is 0 Å². The third-order valence-electron chi connectivity index (χ3n) is 5.18. The van der Waals surface area contributed by atoms with Gasteiger partial charge in [-0.1, -0.05) is 23.7 Å². The predicted molar refractivity (Wildman–Crippen MR) is 114 cm³/mol. The van der Waals surface area contributed by atoms with Crippen molar-refractivity contribution in [3.63, 3.8) is 0 Å². The van der Waals surface area contributed by atoms with Gasteiger partial charge in [0.05, 0.1) is 11.4 Å². The van der Waals surface area contributed by atoms with Gasteiger partial charge < -0.3 is 4.90 Å². The molecule has 4 rings (SSSR count). The molecule has 0 N–H and O–H groups in total. The highest BCUT2D eigenvalue weighted by Crippen LogP contribution is 2.23. The van der Waals surface area contributed by atoms with Gasteiger partial charge in [0.25, 0.3) is 11.7 Å². The quantitative estimate of drug-likeness (QED) is 0.490. The van der Waals surface area contributed by atoms with Crippen molar-refractivity contribution in [2.45, 2.75) is 33.9 Å². The SMILES string of the molecule is CCn1nc(C)c(CN(C)C(=O)c2cc(-c3ccc(Cl)cc3)nc3ncnn23)c1C. The van der Waals surface area contributed by atoms with Crippen LogP contribution in [0.2, 0.25) is 5.02 Å². The van der Waals surface area contributed by atoms with Crippen LogP contribution in [0.4, 0.5) is 0 Å². The molecule has 0 aliphatic heterocycles. The number of benzene rings is 1. The third kappa shape index (κ3) is 3.54. The minimum atomic E-state index is -0.175. The Kier molecular flexibility index (Phi) is 5.26. The van der Waals surface area contributed by atoms with Crippen LogP contribution in [0, 0.1) is 13.8 Å². The summed E-state index contributed by atoms with van der Waals surface area (Å²) in [6, 6.07) is 9.04. The van der Waals surface area contributed by atoms with Gasteiger partial charge in [0.2, 0.25) is 0 Å². The molecule has 0 radical (unpaired) electrons. The molecule has 1 amide bonds. The molecule has 154 valence electrons. The lowest BCUT2D eigenvalue weighted by molar-refractivity contribution is 0.0776. The molecule has 0 atom stereocenters. The van der Waals surface area contributed by atoms with E-state index in [1.807, 2.05) is 30.7 Å². The molecule has 0 bridgehead atoms. The molecule has 8 nitrogen and oxygen atoms in total. The average Bonchev–Trinajstić information content (AvgIpc) is 3.32. The van der Waals surface area contributed by atoms with Crippen LogP contribution < -0.4 is 0 Å². The first kappa shape index (κ1) is 20.0. The van der Waals surface area contributed by atoms with Crippen LogP contribution in [0.3, 0.4) is 0 Å². The summed E-state index contributed by atoms with van der Waals surface area (Å²) in [7, 11) is 1.77. The van der Waals surface area contributed by atoms with E-state index < -0.39 is 0 Å². The fourth-order valence-corrected chi connectivity index (χ4v) is 3.63. The van der Waals surface area contributed by atoms with Gasteiger partial charge in [-0.15, -0.1) is 0 Å². The summed E-state index contributed by atoms with van der Waals surface area (Å²) >= 11 is 6.00. The predicted octanol–water partition coefficient (Wildman–Crippen LogP) is 3.55. The smallest absolute Gasteiger partial charge is 0.272 e. The molecule has 0 aliphatic carbocycles. The van der Waals surface area contributed by atoms with Crippen molar-refractivity contribution in [1.29, 1.82) is 0 Å². The maximum Gasteiger partial charge on any atom is 0.272 e. The van der Waals surface area contributed by atoms with Gasteiger partial charge in [0.1, 0.15) is 12.0 Å². The number of halogens is 1. The number of carbonyl (C=O) groups is 1. The minimum Gasteiger partial charge on any atom is -0.336 e. The van der Waals surface area contributed by atoms with Crippen molar-refractivity contribution < 1.29 is 4.79 Å². The summed E-state index contributed by atoms with van der Waals surface area (Å²) in [6.45, 7) is 7.28. The third-order valence-corrected chi connectivity index (χ3v) is 5.44. The molecule has 0 spiro atoms. The van der Waals surface area contributed by atoms with Gasteiger partial charge >= 0.3 is 0 Å². The Morgan fingerprint density at radius 1 is 1.20 bits per heavy atom. The van der Waals surface area contributed by atoms with Crippen molar-refractivity contribution in [2.24, 2.45) is 0 Å². The van der Waals surface area contributed by atoms with Crippen molar-refractivity contribution in [3.05, 3.63) is 64.3 Å². The maximum absolute atomic E-state index is 13.4. The van der Waals surface area contributed by atoms with Crippen molar-refractivity contribution >= 4 is 23.3 Å². The number of hydrogen-bond donors (Lipinski definition) is 0. The number of rotatable bonds is 5. The molecule has 0 saturated heterocycles. The van der Waals surface area contributed by atoms with Gasteiger partial charge in [-0.25, -0.2) is 4.98 Å². The number of nitrogens with zero attached hydrogens (tertiary/aromatic N) is 7. The largest absolute Gasteiger partial charge is 0.336 e. The van der Waals surface area contributed by atoms with Crippen LogP contribution in [0.15, 0.2) is 36.7 Å². The van der Waals surface area contributed by atoms with Crippen molar-refractivity contribution in [2.75, 3.05) is 7.05 Å². The zero-order valence-electron chi connectivity index (χ0n) is 17.3. The van der Waals surface area contributed by atoms with E-state index in [9.17, 15) is 4.79 Å². The topological polar surface area (TPSA) is 81.2 Å². The molecule has 1 aromatic carbocycles.